The molecule has 0 unspecified atom stereocenters. The predicted octanol–water partition coefficient (Wildman–Crippen LogP) is 16.1. The second-order valence-corrected chi connectivity index (χ2v) is 14.8. The molecule has 0 saturated heterocycles. The van der Waals surface area contributed by atoms with Gasteiger partial charge >= 0.3 is 0 Å². The van der Waals surface area contributed by atoms with Crippen molar-refractivity contribution in [3.8, 4) is 11.1 Å². The average Bonchev–Trinajstić information content (AvgIpc) is 3.37. The molecule has 0 bridgehead atoms. The Kier molecular flexibility index (Phi) is 23.8. The van der Waals surface area contributed by atoms with Crippen molar-refractivity contribution < 1.29 is 0 Å². The molecular weight excluding hydrogens is 801 g/mol. The fourth-order valence-electron chi connectivity index (χ4n) is 6.88. The molecule has 0 amide bonds. The van der Waals surface area contributed by atoms with Crippen LogP contribution in [0, 0.1) is 13.8 Å². The van der Waals surface area contributed by atoms with E-state index in [1.165, 1.54) is 39.7 Å². The molecule has 8 aromatic rings. The van der Waals surface area contributed by atoms with E-state index in [2.05, 4.69) is 183 Å². The lowest BCUT2D eigenvalue weighted by molar-refractivity contribution is 1.07. The van der Waals surface area contributed by atoms with Crippen molar-refractivity contribution in [3.05, 3.63) is 266 Å². The summed E-state index contributed by atoms with van der Waals surface area (Å²) in [6.07, 6.45) is 12.1. The molecule has 0 aliphatic carbocycles. The van der Waals surface area contributed by atoms with E-state index in [9.17, 15) is 0 Å². The number of nitrogen functional groups attached to an aromatic ring is 1. The van der Waals surface area contributed by atoms with Gasteiger partial charge in [0, 0.05) is 35.4 Å². The third-order valence-electron chi connectivity index (χ3n) is 10.0. The maximum atomic E-state index is 6.09. The monoisotopic (exact) mass is 871 g/mol. The van der Waals surface area contributed by atoms with E-state index in [1.807, 2.05) is 101 Å². The number of hydrogen-bond donors (Lipinski definition) is 3. The van der Waals surface area contributed by atoms with Gasteiger partial charge in [-0.2, -0.15) is 0 Å². The summed E-state index contributed by atoms with van der Waals surface area (Å²) in [5.41, 5.74) is 28.3. The van der Waals surface area contributed by atoms with Crippen molar-refractivity contribution in [2.45, 2.75) is 48.1 Å². The van der Waals surface area contributed by atoms with Gasteiger partial charge < -0.3 is 22.1 Å². The number of anilines is 2. The van der Waals surface area contributed by atoms with Gasteiger partial charge in [0.2, 0.25) is 0 Å². The fraction of sp³-hybridized carbons (Fsp3) is 0.129. The molecule has 66 heavy (non-hydrogen) atoms. The zero-order chi connectivity index (χ0) is 48.1. The highest BCUT2D eigenvalue weighted by Crippen LogP contribution is 2.35. The molecule has 0 spiro atoms. The third-order valence-corrected chi connectivity index (χ3v) is 10.0. The van der Waals surface area contributed by atoms with Gasteiger partial charge in [0.25, 0.3) is 0 Å². The second kappa shape index (κ2) is 29.8. The number of aryl methyl sites for hydroxylation is 2. The molecule has 0 aromatic heterocycles. The molecule has 0 fully saturated rings. The summed E-state index contributed by atoms with van der Waals surface area (Å²) in [5.74, 6) is 0. The van der Waals surface area contributed by atoms with Gasteiger partial charge in [-0.15, -0.1) is 6.58 Å². The van der Waals surface area contributed by atoms with Crippen molar-refractivity contribution in [1.82, 2.24) is 0 Å². The van der Waals surface area contributed by atoms with Crippen LogP contribution in [0.4, 0.5) is 11.4 Å². The van der Waals surface area contributed by atoms with Gasteiger partial charge in [-0.05, 0) is 114 Å². The zero-order valence-corrected chi connectivity index (χ0v) is 40.2. The highest BCUT2D eigenvalue weighted by molar-refractivity contribution is 5.90. The molecule has 8 aromatic carbocycles. The fourth-order valence-corrected chi connectivity index (χ4v) is 6.88. The predicted molar refractivity (Wildman–Crippen MR) is 295 cm³/mol. The Morgan fingerprint density at radius 3 is 1.58 bits per heavy atom. The molecule has 0 atom stereocenters. The number of fused-ring (bicyclic) bond motifs is 2. The molecule has 8 rings (SSSR count). The molecule has 4 nitrogen and oxygen atoms in total. The van der Waals surface area contributed by atoms with Crippen molar-refractivity contribution in [3.63, 3.8) is 0 Å². The van der Waals surface area contributed by atoms with Gasteiger partial charge in [-0.25, -0.2) is 0 Å². The van der Waals surface area contributed by atoms with Crippen LogP contribution in [0.3, 0.4) is 0 Å². The Hall–Kier alpha value is -7.50. The maximum absolute atomic E-state index is 6.09. The maximum Gasteiger partial charge on any atom is 0.0462 e. The van der Waals surface area contributed by atoms with Gasteiger partial charge in [0.15, 0.2) is 0 Å². The summed E-state index contributed by atoms with van der Waals surface area (Å²) in [5, 5.41) is 5.29. The summed E-state index contributed by atoms with van der Waals surface area (Å²) in [6, 6.07) is 64.6. The van der Waals surface area contributed by atoms with Gasteiger partial charge in [0.05, 0.1) is 0 Å². The first-order valence-corrected chi connectivity index (χ1v) is 22.6. The Bertz CT molecular complexity index is 2680. The quantitative estimate of drug-likeness (QED) is 0.0767. The van der Waals surface area contributed by atoms with E-state index in [4.69, 9.17) is 11.5 Å². The lowest BCUT2D eigenvalue weighted by Crippen LogP contribution is -2.14. The van der Waals surface area contributed by atoms with Crippen molar-refractivity contribution in [2.24, 2.45) is 11.5 Å². The van der Waals surface area contributed by atoms with E-state index in [0.717, 1.165) is 50.5 Å². The Morgan fingerprint density at radius 1 is 0.576 bits per heavy atom. The smallest absolute Gasteiger partial charge is 0.0462 e. The van der Waals surface area contributed by atoms with Crippen LogP contribution in [0.5, 0.6) is 0 Å². The van der Waals surface area contributed by atoms with E-state index >= 15 is 0 Å². The van der Waals surface area contributed by atoms with Crippen molar-refractivity contribution >= 4 is 44.2 Å². The number of benzene rings is 8. The van der Waals surface area contributed by atoms with Crippen molar-refractivity contribution in [1.29, 1.82) is 0 Å². The first kappa shape index (κ1) is 52.8. The topological polar surface area (TPSA) is 81.3 Å². The zero-order valence-electron chi connectivity index (χ0n) is 40.2. The number of allylic oxidation sites excluding steroid dienone is 6. The minimum Gasteiger partial charge on any atom is -0.399 e. The first-order valence-electron chi connectivity index (χ1n) is 22.6. The number of hydrogen-bond acceptors (Lipinski definition) is 4. The van der Waals surface area contributed by atoms with Crippen LogP contribution < -0.4 is 22.1 Å². The second-order valence-electron chi connectivity index (χ2n) is 14.8. The highest BCUT2D eigenvalue weighted by atomic mass is 15.1. The lowest BCUT2D eigenvalue weighted by Gasteiger charge is -2.25. The van der Waals surface area contributed by atoms with Gasteiger partial charge in [0.1, 0.15) is 0 Å². The van der Waals surface area contributed by atoms with Crippen LogP contribution >= 0.6 is 0 Å². The summed E-state index contributed by atoms with van der Waals surface area (Å²) in [4.78, 5) is 2.13. The normalized spacial score (nSPS) is 10.4. The molecule has 0 aliphatic heterocycles. The molecule has 0 saturated carbocycles. The minimum atomic E-state index is 0.472. The van der Waals surface area contributed by atoms with Crippen molar-refractivity contribution in [2.75, 3.05) is 17.7 Å². The van der Waals surface area contributed by atoms with Crippen LogP contribution in [0.1, 0.15) is 55.5 Å². The number of rotatable bonds is 9. The molecule has 0 aliphatic rings. The lowest BCUT2D eigenvalue weighted by atomic mass is 9.93. The first-order chi connectivity index (χ1) is 32.3. The van der Waals surface area contributed by atoms with Crippen LogP contribution in [0.25, 0.3) is 43.9 Å². The Balaban J connectivity index is 0.000000319. The van der Waals surface area contributed by atoms with Gasteiger partial charge in [-0.3, -0.25) is 0 Å². The molecule has 0 radical (unpaired) electrons. The van der Waals surface area contributed by atoms with Crippen LogP contribution in [-0.4, -0.2) is 7.05 Å². The minimum absolute atomic E-state index is 0.472. The van der Waals surface area contributed by atoms with E-state index in [0.29, 0.717) is 6.54 Å². The van der Waals surface area contributed by atoms with Crippen LogP contribution in [-0.2, 0) is 6.54 Å². The van der Waals surface area contributed by atoms with Crippen LogP contribution in [0.2, 0.25) is 0 Å². The summed E-state index contributed by atoms with van der Waals surface area (Å²) < 4.78 is 0. The molecule has 338 valence electrons. The Labute approximate surface area is 396 Å². The number of para-hydroxylation sites is 1. The summed E-state index contributed by atoms with van der Waals surface area (Å²) in [7, 11) is 1.50. The highest BCUT2D eigenvalue weighted by Gasteiger charge is 2.16. The summed E-state index contributed by atoms with van der Waals surface area (Å²) >= 11 is 0. The Morgan fingerprint density at radius 2 is 1.05 bits per heavy atom. The van der Waals surface area contributed by atoms with E-state index in [1.54, 1.807) is 6.08 Å². The third kappa shape index (κ3) is 16.2. The number of nitrogens with zero attached hydrogens (tertiary/aromatic N) is 1. The standard InChI is InChI=1S/C34H33N3.2C11H10.C3H6.C2H6.CH5N/c1-3-4-12-27(28-19-21-30(36)22-20-28)23-24-37(31-14-6-5-7-15-31)26(2)32-16-10-11-18-34(32)33-17-9-8-13-29(33)25-35;2*1-9-6-7-10-4-2-3-5-11(10)8-9;1-3-2;2*1-2/h3-24H,2,25,35-36H2,1H3;2*2-8H,1H3;3H,1H2,2H3;1-2H3;2H2,1H3/b4-3+,24-23-,27-12+;;;;;. The largest absolute Gasteiger partial charge is 0.399 e. The molecular formula is C62H70N4. The average molecular weight is 871 g/mol. The molecule has 6 N–H and O–H groups in total. The van der Waals surface area contributed by atoms with Gasteiger partial charge in [-0.1, -0.05) is 220 Å². The molecule has 0 heterocycles. The van der Waals surface area contributed by atoms with Crippen LogP contribution in [0.15, 0.2) is 238 Å². The number of nitrogens with two attached hydrogens (primary N) is 3. The molecule has 4 heteroatoms. The van der Waals surface area contributed by atoms with E-state index < -0.39 is 0 Å². The SMILES string of the molecule is C=C(c1ccccc1-c1ccccc1CN)N(\C=C/C(=C\C=C\C)c1ccc(N)cc1)c1ccccc1.C=CC.CC.CN.Cc1ccc2ccccc2c1.Cc1ccc2ccccc2c1. The summed E-state index contributed by atoms with van der Waals surface area (Å²) in [6.45, 7) is 20.5. The van der Waals surface area contributed by atoms with E-state index in [-0.39, 0.29) is 0 Å².